The Labute approximate surface area is 170 Å². The van der Waals surface area contributed by atoms with Crippen LogP contribution >= 0.6 is 0 Å². The van der Waals surface area contributed by atoms with E-state index in [-0.39, 0.29) is 18.6 Å². The molecule has 148 valence electrons. The van der Waals surface area contributed by atoms with Crippen LogP contribution in [0.15, 0.2) is 53.5 Å². The molecule has 5 rings (SSSR count). The Kier molecular flexibility index (Phi) is 4.68. The topological polar surface area (TPSA) is 51.1 Å². The minimum absolute atomic E-state index is 0.0438. The third-order valence-corrected chi connectivity index (χ3v) is 5.97. The second-order valence-electron chi connectivity index (χ2n) is 7.63. The first-order valence-electron chi connectivity index (χ1n) is 10.2. The molecule has 0 N–H and O–H groups in total. The highest BCUT2D eigenvalue weighted by atomic mass is 16.5. The molecule has 1 fully saturated rings. The van der Waals surface area contributed by atoms with E-state index in [0.29, 0.717) is 6.54 Å². The average Bonchev–Trinajstić information content (AvgIpc) is 3.24. The number of aliphatic imine (C=N–C) groups is 1. The lowest BCUT2D eigenvalue weighted by Crippen LogP contribution is -2.36. The maximum absolute atomic E-state index is 12.8. The highest BCUT2D eigenvalue weighted by Crippen LogP contribution is 2.38. The normalized spacial score (nSPS) is 21.1. The van der Waals surface area contributed by atoms with Crippen molar-refractivity contribution in [1.29, 1.82) is 0 Å². The van der Waals surface area contributed by atoms with Gasteiger partial charge in [0, 0.05) is 24.3 Å². The molecule has 0 radical (unpaired) electrons. The molecule has 3 aliphatic rings. The zero-order valence-electron chi connectivity index (χ0n) is 16.6. The Balaban J connectivity index is 1.61. The Morgan fingerprint density at radius 1 is 1.21 bits per heavy atom. The molecule has 0 bridgehead atoms. The molecule has 3 aliphatic heterocycles. The molecule has 0 aliphatic carbocycles. The van der Waals surface area contributed by atoms with Crippen LogP contribution in [-0.2, 0) is 16.0 Å². The maximum atomic E-state index is 12.8. The highest BCUT2D eigenvalue weighted by Gasteiger charge is 2.31. The maximum Gasteiger partial charge on any atom is 0.248 e. The van der Waals surface area contributed by atoms with Gasteiger partial charge in [-0.15, -0.1) is 0 Å². The Morgan fingerprint density at radius 2 is 2.10 bits per heavy atom. The number of rotatable bonds is 3. The molecule has 0 saturated carbocycles. The largest absolute Gasteiger partial charge is 0.497 e. The fourth-order valence-electron chi connectivity index (χ4n) is 4.52. The molecule has 2 aromatic carbocycles. The molecule has 1 saturated heterocycles. The van der Waals surface area contributed by atoms with Gasteiger partial charge >= 0.3 is 0 Å². The van der Waals surface area contributed by atoms with E-state index in [0.717, 1.165) is 54.2 Å². The van der Waals surface area contributed by atoms with Crippen molar-refractivity contribution in [3.05, 3.63) is 70.8 Å². The van der Waals surface area contributed by atoms with Crippen molar-refractivity contribution in [3.8, 4) is 5.75 Å². The number of ether oxygens (including phenoxy) is 2. The molecule has 1 atom stereocenters. The van der Waals surface area contributed by atoms with Crippen molar-refractivity contribution in [2.75, 3.05) is 26.8 Å². The molecule has 1 amide bonds. The van der Waals surface area contributed by atoms with Crippen molar-refractivity contribution in [3.63, 3.8) is 0 Å². The second-order valence-corrected chi connectivity index (χ2v) is 7.63. The van der Waals surface area contributed by atoms with Gasteiger partial charge in [0.2, 0.25) is 5.91 Å². The standard InChI is InChI=1S/C24H24N2O3/c1-28-17-6-2-5-16(13-17)21-14-22-19-7-3-8-20(23-9-4-12-29-23)18(19)10-11-26(22)24(27)15-25-21/h2-3,5-8,13-14,23H,4,9-12,15H2,1H3/t23-/m0/s1. The number of fused-ring (bicyclic) bond motifs is 3. The second kappa shape index (κ2) is 7.48. The average molecular weight is 388 g/mol. The van der Waals surface area contributed by atoms with Crippen molar-refractivity contribution in [2.24, 2.45) is 4.99 Å². The van der Waals surface area contributed by atoms with Gasteiger partial charge in [0.15, 0.2) is 0 Å². The smallest absolute Gasteiger partial charge is 0.248 e. The molecule has 29 heavy (non-hydrogen) atoms. The van der Waals surface area contributed by atoms with Crippen LogP contribution in [0.3, 0.4) is 0 Å². The third kappa shape index (κ3) is 3.25. The fraction of sp³-hybridized carbons (Fsp3) is 0.333. The van der Waals surface area contributed by atoms with E-state index in [4.69, 9.17) is 9.47 Å². The number of carbonyl (C=O) groups excluding carboxylic acids is 1. The number of nitrogens with zero attached hydrogens (tertiary/aromatic N) is 2. The van der Waals surface area contributed by atoms with Gasteiger partial charge in [-0.2, -0.15) is 0 Å². The number of methoxy groups -OCH3 is 1. The van der Waals surface area contributed by atoms with Gasteiger partial charge in [0.1, 0.15) is 12.3 Å². The fourth-order valence-corrected chi connectivity index (χ4v) is 4.52. The van der Waals surface area contributed by atoms with Crippen molar-refractivity contribution in [1.82, 2.24) is 4.90 Å². The van der Waals surface area contributed by atoms with Crippen LogP contribution in [0.25, 0.3) is 5.70 Å². The molecular formula is C24H24N2O3. The highest BCUT2D eigenvalue weighted by molar-refractivity contribution is 6.15. The Hall–Kier alpha value is -2.92. The zero-order chi connectivity index (χ0) is 19.8. The van der Waals surface area contributed by atoms with Crippen molar-refractivity contribution in [2.45, 2.75) is 25.4 Å². The molecule has 2 aromatic rings. The number of hydrogen-bond acceptors (Lipinski definition) is 4. The summed E-state index contributed by atoms with van der Waals surface area (Å²) < 4.78 is 11.3. The summed E-state index contributed by atoms with van der Waals surface area (Å²) in [5.74, 6) is 0.822. The lowest BCUT2D eigenvalue weighted by molar-refractivity contribution is -0.126. The molecule has 0 aromatic heterocycles. The number of carbonyl (C=O) groups is 1. The first-order valence-corrected chi connectivity index (χ1v) is 10.2. The minimum atomic E-state index is 0.0438. The number of benzene rings is 2. The summed E-state index contributed by atoms with van der Waals surface area (Å²) in [7, 11) is 1.65. The van der Waals surface area contributed by atoms with E-state index in [2.05, 4.69) is 29.3 Å². The van der Waals surface area contributed by atoms with Crippen LogP contribution in [0.1, 0.15) is 41.2 Å². The van der Waals surface area contributed by atoms with Gasteiger partial charge in [-0.25, -0.2) is 0 Å². The van der Waals surface area contributed by atoms with Crippen molar-refractivity contribution < 1.29 is 14.3 Å². The molecule has 3 heterocycles. The Bertz CT molecular complexity index is 1020. The summed E-state index contributed by atoms with van der Waals surface area (Å²) in [4.78, 5) is 19.3. The monoisotopic (exact) mass is 388 g/mol. The summed E-state index contributed by atoms with van der Waals surface area (Å²) in [6.45, 7) is 1.67. The zero-order valence-corrected chi connectivity index (χ0v) is 16.6. The summed E-state index contributed by atoms with van der Waals surface area (Å²) in [6.07, 6.45) is 5.24. The molecular weight excluding hydrogens is 364 g/mol. The SMILES string of the molecule is COc1cccc(C2=NCC(=O)N3CCc4c(cccc4[C@@H]4CCCO4)C3=C2)c1. The van der Waals surface area contributed by atoms with Crippen LogP contribution in [0.2, 0.25) is 0 Å². The summed E-state index contributed by atoms with van der Waals surface area (Å²) in [5, 5.41) is 0. The van der Waals surface area contributed by atoms with Crippen LogP contribution in [0, 0.1) is 0 Å². The predicted octanol–water partition coefficient (Wildman–Crippen LogP) is 3.78. The summed E-state index contributed by atoms with van der Waals surface area (Å²) in [6, 6.07) is 14.2. The number of hydrogen-bond donors (Lipinski definition) is 0. The first kappa shape index (κ1) is 18.1. The van der Waals surface area contributed by atoms with E-state index in [9.17, 15) is 4.79 Å². The Morgan fingerprint density at radius 3 is 2.93 bits per heavy atom. The van der Waals surface area contributed by atoms with Crippen LogP contribution in [0.5, 0.6) is 5.75 Å². The lowest BCUT2D eigenvalue weighted by atomic mass is 9.88. The number of amides is 1. The lowest BCUT2D eigenvalue weighted by Gasteiger charge is -2.32. The van der Waals surface area contributed by atoms with E-state index in [1.807, 2.05) is 29.2 Å². The number of allylic oxidation sites excluding steroid dienone is 1. The molecule has 5 heteroatoms. The molecule has 5 nitrogen and oxygen atoms in total. The quantitative estimate of drug-likeness (QED) is 0.804. The van der Waals surface area contributed by atoms with Crippen LogP contribution < -0.4 is 4.74 Å². The minimum Gasteiger partial charge on any atom is -0.497 e. The van der Waals surface area contributed by atoms with E-state index in [1.165, 1.54) is 11.1 Å². The van der Waals surface area contributed by atoms with Crippen LogP contribution in [-0.4, -0.2) is 43.3 Å². The first-order chi connectivity index (χ1) is 14.2. The van der Waals surface area contributed by atoms with Gasteiger partial charge in [-0.1, -0.05) is 30.3 Å². The summed E-state index contributed by atoms with van der Waals surface area (Å²) in [5.41, 5.74) is 6.41. The van der Waals surface area contributed by atoms with E-state index in [1.54, 1.807) is 7.11 Å². The predicted molar refractivity (Wildman–Crippen MR) is 112 cm³/mol. The van der Waals surface area contributed by atoms with Crippen molar-refractivity contribution >= 4 is 17.3 Å². The van der Waals surface area contributed by atoms with Gasteiger partial charge in [0.25, 0.3) is 0 Å². The third-order valence-electron chi connectivity index (χ3n) is 5.97. The van der Waals surface area contributed by atoms with Crippen LogP contribution in [0.4, 0.5) is 0 Å². The van der Waals surface area contributed by atoms with E-state index < -0.39 is 0 Å². The van der Waals surface area contributed by atoms with E-state index >= 15 is 0 Å². The molecule has 0 unspecified atom stereocenters. The van der Waals surface area contributed by atoms with Gasteiger partial charge < -0.3 is 14.4 Å². The summed E-state index contributed by atoms with van der Waals surface area (Å²) >= 11 is 0. The van der Waals surface area contributed by atoms with Gasteiger partial charge in [-0.05, 0) is 48.6 Å². The molecule has 0 spiro atoms. The van der Waals surface area contributed by atoms with Gasteiger partial charge in [-0.3, -0.25) is 9.79 Å². The van der Waals surface area contributed by atoms with Gasteiger partial charge in [0.05, 0.1) is 24.6 Å².